The summed E-state index contributed by atoms with van der Waals surface area (Å²) in [6.07, 6.45) is 3.18. The lowest BCUT2D eigenvalue weighted by atomic mass is 9.99. The highest BCUT2D eigenvalue weighted by Crippen LogP contribution is 2.26. The van der Waals surface area contributed by atoms with Gasteiger partial charge in [0.2, 0.25) is 0 Å². The molecule has 1 heterocycles. The minimum absolute atomic E-state index is 0.592. The summed E-state index contributed by atoms with van der Waals surface area (Å²) in [6, 6.07) is 9.95. The van der Waals surface area contributed by atoms with Crippen LogP contribution in [0.2, 0.25) is 0 Å². The lowest BCUT2D eigenvalue weighted by Crippen LogP contribution is -2.00. The molecule has 1 atom stereocenters. The number of aliphatic hydroxyl groups is 1. The molecule has 0 bridgehead atoms. The third-order valence-corrected chi connectivity index (χ3v) is 3.00. The van der Waals surface area contributed by atoms with Crippen LogP contribution in [0.5, 0.6) is 0 Å². The van der Waals surface area contributed by atoms with E-state index in [1.165, 1.54) is 5.56 Å². The molecule has 0 amide bonds. The van der Waals surface area contributed by atoms with Crippen LogP contribution < -0.4 is 0 Å². The number of aryl methyl sites for hydroxylation is 2. The van der Waals surface area contributed by atoms with Gasteiger partial charge < -0.3 is 9.52 Å². The van der Waals surface area contributed by atoms with Gasteiger partial charge in [-0.15, -0.1) is 0 Å². The highest BCUT2D eigenvalue weighted by atomic mass is 16.3. The van der Waals surface area contributed by atoms with Crippen LogP contribution in [-0.2, 0) is 6.42 Å². The number of furan rings is 1. The van der Waals surface area contributed by atoms with E-state index in [0.29, 0.717) is 0 Å². The predicted octanol–water partition coefficient (Wildman–Crippen LogP) is 3.62. The van der Waals surface area contributed by atoms with Crippen molar-refractivity contribution in [3.05, 3.63) is 59.0 Å². The maximum absolute atomic E-state index is 10.3. The molecular weight excluding hydrogens is 212 g/mol. The first kappa shape index (κ1) is 11.9. The molecule has 0 saturated heterocycles. The second-order valence-electron chi connectivity index (χ2n) is 4.33. The Balaban J connectivity index is 2.28. The Labute approximate surface area is 102 Å². The maximum Gasteiger partial charge on any atom is 0.107 e. The highest BCUT2D eigenvalue weighted by molar-refractivity contribution is 5.33. The fourth-order valence-corrected chi connectivity index (χ4v) is 2.07. The molecule has 0 aliphatic heterocycles. The molecule has 2 rings (SSSR count). The molecule has 0 aliphatic rings. The van der Waals surface area contributed by atoms with Crippen LogP contribution in [0.1, 0.15) is 41.9 Å². The predicted molar refractivity (Wildman–Crippen MR) is 67.9 cm³/mol. The van der Waals surface area contributed by atoms with Gasteiger partial charge in [0.25, 0.3) is 0 Å². The van der Waals surface area contributed by atoms with Crippen LogP contribution in [0.4, 0.5) is 0 Å². The van der Waals surface area contributed by atoms with Gasteiger partial charge in [0.15, 0.2) is 0 Å². The zero-order valence-corrected chi connectivity index (χ0v) is 10.3. The molecule has 1 aromatic carbocycles. The Morgan fingerprint density at radius 2 is 2.12 bits per heavy atom. The molecular formula is C15H18O2. The van der Waals surface area contributed by atoms with Crippen LogP contribution in [-0.4, -0.2) is 5.11 Å². The summed E-state index contributed by atoms with van der Waals surface area (Å²) in [7, 11) is 0. The average molecular weight is 230 g/mol. The summed E-state index contributed by atoms with van der Waals surface area (Å²) < 4.78 is 5.22. The van der Waals surface area contributed by atoms with Gasteiger partial charge in [-0.05, 0) is 30.5 Å². The van der Waals surface area contributed by atoms with Gasteiger partial charge in [-0.2, -0.15) is 0 Å². The summed E-state index contributed by atoms with van der Waals surface area (Å²) in [5.74, 6) is 0.776. The van der Waals surface area contributed by atoms with E-state index in [4.69, 9.17) is 4.42 Å². The highest BCUT2D eigenvalue weighted by Gasteiger charge is 2.14. The first-order valence-corrected chi connectivity index (χ1v) is 6.03. The van der Waals surface area contributed by atoms with E-state index in [0.717, 1.165) is 29.7 Å². The molecule has 2 nitrogen and oxygen atoms in total. The minimum atomic E-state index is -0.592. The Bertz CT molecular complexity index is 485. The van der Waals surface area contributed by atoms with Gasteiger partial charge in [-0.25, -0.2) is 0 Å². The minimum Gasteiger partial charge on any atom is -0.469 e. The average Bonchev–Trinajstić information content (AvgIpc) is 2.75. The molecule has 2 aromatic rings. The monoisotopic (exact) mass is 230 g/mol. The smallest absolute Gasteiger partial charge is 0.107 e. The third kappa shape index (κ3) is 2.59. The van der Waals surface area contributed by atoms with Crippen molar-refractivity contribution in [2.24, 2.45) is 0 Å². The van der Waals surface area contributed by atoms with Crippen molar-refractivity contribution in [1.82, 2.24) is 0 Å². The lowest BCUT2D eigenvalue weighted by Gasteiger charge is -2.11. The molecule has 1 N–H and O–H groups in total. The number of hydrogen-bond donors (Lipinski definition) is 1. The number of aliphatic hydroxyl groups excluding tert-OH is 1. The van der Waals surface area contributed by atoms with E-state index in [1.807, 2.05) is 25.1 Å². The molecule has 0 aliphatic carbocycles. The van der Waals surface area contributed by atoms with E-state index in [-0.39, 0.29) is 0 Å². The summed E-state index contributed by atoms with van der Waals surface area (Å²) in [5, 5.41) is 10.3. The Kier molecular flexibility index (Phi) is 3.64. The molecule has 2 heteroatoms. The van der Waals surface area contributed by atoms with Crippen molar-refractivity contribution >= 4 is 0 Å². The number of rotatable bonds is 4. The summed E-state index contributed by atoms with van der Waals surface area (Å²) in [5.41, 5.74) is 3.05. The van der Waals surface area contributed by atoms with Crippen LogP contribution in [0.3, 0.4) is 0 Å². The summed E-state index contributed by atoms with van der Waals surface area (Å²) in [4.78, 5) is 0. The molecule has 1 unspecified atom stereocenters. The van der Waals surface area contributed by atoms with Gasteiger partial charge in [-0.3, -0.25) is 0 Å². The standard InChI is InChI=1S/C15H18O2/c1-3-5-12-6-4-7-13(10-12)15(16)14-8-9-17-11(14)2/h4,6-10,15-16H,3,5H2,1-2H3. The van der Waals surface area contributed by atoms with Crippen molar-refractivity contribution in [2.75, 3.05) is 0 Å². The fourth-order valence-electron chi connectivity index (χ4n) is 2.07. The second kappa shape index (κ2) is 5.19. The largest absolute Gasteiger partial charge is 0.469 e. The van der Waals surface area contributed by atoms with Crippen LogP contribution in [0, 0.1) is 6.92 Å². The molecule has 0 saturated carbocycles. The Morgan fingerprint density at radius 1 is 1.29 bits per heavy atom. The van der Waals surface area contributed by atoms with Gasteiger partial charge >= 0.3 is 0 Å². The normalized spacial score (nSPS) is 12.6. The van der Waals surface area contributed by atoms with Crippen molar-refractivity contribution in [3.8, 4) is 0 Å². The van der Waals surface area contributed by atoms with Gasteiger partial charge in [-0.1, -0.05) is 37.6 Å². The van der Waals surface area contributed by atoms with E-state index in [2.05, 4.69) is 19.1 Å². The zero-order chi connectivity index (χ0) is 12.3. The third-order valence-electron chi connectivity index (χ3n) is 3.00. The lowest BCUT2D eigenvalue weighted by molar-refractivity contribution is 0.218. The van der Waals surface area contributed by atoms with Crippen LogP contribution in [0.25, 0.3) is 0 Å². The van der Waals surface area contributed by atoms with Crippen LogP contribution >= 0.6 is 0 Å². The van der Waals surface area contributed by atoms with Gasteiger partial charge in [0.05, 0.1) is 6.26 Å². The molecule has 0 fully saturated rings. The molecule has 1 aromatic heterocycles. The van der Waals surface area contributed by atoms with Crippen molar-refractivity contribution < 1.29 is 9.52 Å². The van der Waals surface area contributed by atoms with Gasteiger partial charge in [0.1, 0.15) is 11.9 Å². The molecule has 17 heavy (non-hydrogen) atoms. The number of hydrogen-bond acceptors (Lipinski definition) is 2. The fraction of sp³-hybridized carbons (Fsp3) is 0.333. The first-order valence-electron chi connectivity index (χ1n) is 6.03. The molecule has 90 valence electrons. The van der Waals surface area contributed by atoms with E-state index < -0.39 is 6.10 Å². The quantitative estimate of drug-likeness (QED) is 0.870. The van der Waals surface area contributed by atoms with E-state index >= 15 is 0 Å². The Hall–Kier alpha value is -1.54. The van der Waals surface area contributed by atoms with E-state index in [9.17, 15) is 5.11 Å². The maximum atomic E-state index is 10.3. The Morgan fingerprint density at radius 3 is 2.76 bits per heavy atom. The molecule has 0 spiro atoms. The van der Waals surface area contributed by atoms with Crippen LogP contribution in [0.15, 0.2) is 41.0 Å². The summed E-state index contributed by atoms with van der Waals surface area (Å²) in [6.45, 7) is 4.03. The van der Waals surface area contributed by atoms with Crippen molar-refractivity contribution in [2.45, 2.75) is 32.8 Å². The molecule has 0 radical (unpaired) electrons. The van der Waals surface area contributed by atoms with E-state index in [1.54, 1.807) is 6.26 Å². The van der Waals surface area contributed by atoms with Crippen molar-refractivity contribution in [3.63, 3.8) is 0 Å². The summed E-state index contributed by atoms with van der Waals surface area (Å²) >= 11 is 0. The van der Waals surface area contributed by atoms with Crippen molar-refractivity contribution in [1.29, 1.82) is 0 Å². The zero-order valence-electron chi connectivity index (χ0n) is 10.3. The number of benzene rings is 1. The van der Waals surface area contributed by atoms with Gasteiger partial charge in [0, 0.05) is 5.56 Å². The topological polar surface area (TPSA) is 33.4 Å². The second-order valence-corrected chi connectivity index (χ2v) is 4.33. The SMILES string of the molecule is CCCc1cccc(C(O)c2ccoc2C)c1. The first-order chi connectivity index (χ1) is 8.22.